The maximum absolute atomic E-state index is 2.55. The standard InChI is InChI=1S/C62H60N2Si2/c1-41-21-35-53(45-17-13-11-14-18-45)43(3)61(41)63(49-27-31-51(32-28-49)65(5,6)7)57-39-25-47-24-38-56-58(40-26-48-23-37-55(57)59(47)60(48)56)64(50-29-33-52(34-30-50)66(8,9)10)62-42(2)22-36-54(44(62)4)46-19-15-12-16-20-46/h11-40H,1-10H3. The number of rotatable bonds is 10. The predicted octanol–water partition coefficient (Wildman–Crippen LogP) is 17.2. The van der Waals surface area contributed by atoms with Gasteiger partial charge in [-0.25, -0.2) is 0 Å². The summed E-state index contributed by atoms with van der Waals surface area (Å²) in [6.07, 6.45) is 0. The molecule has 66 heavy (non-hydrogen) atoms. The van der Waals surface area contributed by atoms with Gasteiger partial charge in [-0.3, -0.25) is 0 Å². The molecule has 0 radical (unpaired) electrons. The van der Waals surface area contributed by atoms with Crippen molar-refractivity contribution in [3.8, 4) is 22.3 Å². The molecule has 0 aliphatic heterocycles. The third kappa shape index (κ3) is 7.52. The van der Waals surface area contributed by atoms with Crippen LogP contribution >= 0.6 is 0 Å². The zero-order valence-corrected chi connectivity index (χ0v) is 42.2. The maximum Gasteiger partial charge on any atom is 0.0775 e. The van der Waals surface area contributed by atoms with Crippen LogP contribution in [0.2, 0.25) is 39.3 Å². The van der Waals surface area contributed by atoms with E-state index >= 15 is 0 Å². The van der Waals surface area contributed by atoms with Crippen LogP contribution in [0.3, 0.4) is 0 Å². The van der Waals surface area contributed by atoms with E-state index in [2.05, 4.69) is 259 Å². The lowest BCUT2D eigenvalue weighted by Crippen LogP contribution is -2.37. The van der Waals surface area contributed by atoms with Crippen LogP contribution in [-0.4, -0.2) is 16.1 Å². The van der Waals surface area contributed by atoms with E-state index in [4.69, 9.17) is 0 Å². The molecule has 326 valence electrons. The fourth-order valence-electron chi connectivity index (χ4n) is 10.4. The largest absolute Gasteiger partial charge is 0.309 e. The molecule has 0 aromatic heterocycles. The fourth-order valence-corrected chi connectivity index (χ4v) is 12.7. The molecule has 0 atom stereocenters. The molecule has 4 heteroatoms. The van der Waals surface area contributed by atoms with E-state index in [1.807, 2.05) is 0 Å². The second-order valence-electron chi connectivity index (χ2n) is 20.4. The monoisotopic (exact) mass is 888 g/mol. The summed E-state index contributed by atoms with van der Waals surface area (Å²) in [5, 5.41) is 10.5. The van der Waals surface area contributed by atoms with Gasteiger partial charge in [0, 0.05) is 22.1 Å². The molecule has 0 unspecified atom stereocenters. The number of benzene rings is 10. The van der Waals surface area contributed by atoms with Gasteiger partial charge < -0.3 is 9.80 Å². The molecule has 0 bridgehead atoms. The lowest BCUT2D eigenvalue weighted by Gasteiger charge is -2.33. The Balaban J connectivity index is 1.24. The molecular formula is C62H60N2Si2. The molecule has 0 fully saturated rings. The lowest BCUT2D eigenvalue weighted by molar-refractivity contribution is 1.23. The van der Waals surface area contributed by atoms with Gasteiger partial charge in [0.1, 0.15) is 0 Å². The van der Waals surface area contributed by atoms with Crippen LogP contribution in [0.5, 0.6) is 0 Å². The Kier molecular flexibility index (Phi) is 10.9. The number of anilines is 6. The topological polar surface area (TPSA) is 6.48 Å². The first kappa shape index (κ1) is 43.2. The van der Waals surface area contributed by atoms with Gasteiger partial charge in [0.05, 0.1) is 38.9 Å². The highest BCUT2D eigenvalue weighted by atomic mass is 28.3. The Morgan fingerprint density at radius 2 is 0.682 bits per heavy atom. The Bertz CT molecular complexity index is 3170. The molecule has 0 aliphatic carbocycles. The number of nitrogens with zero attached hydrogens (tertiary/aromatic N) is 2. The van der Waals surface area contributed by atoms with Crippen LogP contribution in [0.25, 0.3) is 54.6 Å². The quantitative estimate of drug-likeness (QED) is 0.0997. The summed E-state index contributed by atoms with van der Waals surface area (Å²) >= 11 is 0. The van der Waals surface area contributed by atoms with E-state index in [0.29, 0.717) is 0 Å². The number of aryl methyl sites for hydroxylation is 2. The average molecular weight is 889 g/mol. The number of hydrogen-bond acceptors (Lipinski definition) is 2. The van der Waals surface area contributed by atoms with Gasteiger partial charge in [-0.05, 0) is 130 Å². The minimum atomic E-state index is -1.54. The first-order valence-electron chi connectivity index (χ1n) is 23.5. The third-order valence-electron chi connectivity index (χ3n) is 14.0. The zero-order valence-electron chi connectivity index (χ0n) is 40.2. The van der Waals surface area contributed by atoms with Gasteiger partial charge in [0.15, 0.2) is 0 Å². The van der Waals surface area contributed by atoms with Crippen LogP contribution in [0, 0.1) is 27.7 Å². The molecule has 2 nitrogen and oxygen atoms in total. The third-order valence-corrected chi connectivity index (χ3v) is 18.1. The normalized spacial score (nSPS) is 12.1. The van der Waals surface area contributed by atoms with E-state index in [1.165, 1.54) is 121 Å². The summed E-state index contributed by atoms with van der Waals surface area (Å²) in [6.45, 7) is 23.7. The van der Waals surface area contributed by atoms with Crippen LogP contribution in [0.4, 0.5) is 34.1 Å². The maximum atomic E-state index is 2.55. The van der Waals surface area contributed by atoms with Gasteiger partial charge in [0.2, 0.25) is 0 Å². The molecular weight excluding hydrogens is 829 g/mol. The van der Waals surface area contributed by atoms with Crippen molar-refractivity contribution in [2.24, 2.45) is 0 Å². The van der Waals surface area contributed by atoms with Gasteiger partial charge in [-0.1, -0.05) is 195 Å². The van der Waals surface area contributed by atoms with Crippen LogP contribution < -0.4 is 20.2 Å². The van der Waals surface area contributed by atoms with Gasteiger partial charge in [0.25, 0.3) is 0 Å². The van der Waals surface area contributed by atoms with Crippen LogP contribution in [0.15, 0.2) is 182 Å². The second kappa shape index (κ2) is 16.6. The molecule has 0 amide bonds. The molecule has 0 heterocycles. The highest BCUT2D eigenvalue weighted by Crippen LogP contribution is 2.50. The van der Waals surface area contributed by atoms with E-state index < -0.39 is 16.1 Å². The minimum absolute atomic E-state index is 1.17. The Labute approximate surface area is 394 Å². The Morgan fingerprint density at radius 3 is 1.03 bits per heavy atom. The van der Waals surface area contributed by atoms with Gasteiger partial charge in [-0.15, -0.1) is 0 Å². The van der Waals surface area contributed by atoms with Crippen LogP contribution in [0.1, 0.15) is 22.3 Å². The Hall–Kier alpha value is -6.73. The molecule has 0 aliphatic rings. The Morgan fingerprint density at radius 1 is 0.333 bits per heavy atom. The van der Waals surface area contributed by atoms with E-state index in [9.17, 15) is 0 Å². The lowest BCUT2D eigenvalue weighted by atomic mass is 9.90. The fraction of sp³-hybridized carbons (Fsp3) is 0.161. The van der Waals surface area contributed by atoms with Crippen molar-refractivity contribution in [3.63, 3.8) is 0 Å². The van der Waals surface area contributed by atoms with Gasteiger partial charge in [-0.2, -0.15) is 0 Å². The second-order valence-corrected chi connectivity index (χ2v) is 30.6. The molecule has 10 rings (SSSR count). The average Bonchev–Trinajstić information content (AvgIpc) is 3.31. The van der Waals surface area contributed by atoms with Crippen molar-refractivity contribution in [1.82, 2.24) is 0 Å². The van der Waals surface area contributed by atoms with Crippen molar-refractivity contribution in [2.75, 3.05) is 9.80 Å². The number of hydrogen-bond donors (Lipinski definition) is 0. The molecule has 0 saturated carbocycles. The smallest absolute Gasteiger partial charge is 0.0775 e. The van der Waals surface area contributed by atoms with Crippen molar-refractivity contribution >= 4 is 93.0 Å². The summed E-state index contributed by atoms with van der Waals surface area (Å²) in [6, 6.07) is 68.7. The highest BCUT2D eigenvalue weighted by molar-refractivity contribution is 6.89. The van der Waals surface area contributed by atoms with Crippen molar-refractivity contribution < 1.29 is 0 Å². The van der Waals surface area contributed by atoms with Crippen LogP contribution in [-0.2, 0) is 0 Å². The summed E-state index contributed by atoms with van der Waals surface area (Å²) in [5.74, 6) is 0. The van der Waals surface area contributed by atoms with Crippen molar-refractivity contribution in [1.29, 1.82) is 0 Å². The van der Waals surface area contributed by atoms with Crippen molar-refractivity contribution in [2.45, 2.75) is 67.0 Å². The summed E-state index contributed by atoms with van der Waals surface area (Å²) in [7, 11) is -3.07. The minimum Gasteiger partial charge on any atom is -0.309 e. The molecule has 0 N–H and O–H groups in total. The molecule has 0 spiro atoms. The molecule has 10 aromatic rings. The van der Waals surface area contributed by atoms with Gasteiger partial charge >= 0.3 is 0 Å². The summed E-state index contributed by atoms with van der Waals surface area (Å²) < 4.78 is 0. The zero-order chi connectivity index (χ0) is 46.1. The van der Waals surface area contributed by atoms with Crippen molar-refractivity contribution in [3.05, 3.63) is 204 Å². The summed E-state index contributed by atoms with van der Waals surface area (Å²) in [4.78, 5) is 5.10. The highest BCUT2D eigenvalue weighted by Gasteiger charge is 2.27. The predicted molar refractivity (Wildman–Crippen MR) is 295 cm³/mol. The first-order chi connectivity index (χ1) is 31.7. The van der Waals surface area contributed by atoms with E-state index in [1.54, 1.807) is 0 Å². The SMILES string of the molecule is Cc1ccc(-c2ccccc2)c(C)c1N(c1ccc([Si](C)(C)C)cc1)c1ccc2ccc3c(N(c4ccc([Si](C)(C)C)cc4)c4c(C)ccc(-c5ccccc5)c4C)ccc4ccc1c2c43. The molecule has 10 aromatic carbocycles. The van der Waals surface area contributed by atoms with E-state index in [-0.39, 0.29) is 0 Å². The molecule has 0 saturated heterocycles. The first-order valence-corrected chi connectivity index (χ1v) is 30.5. The van der Waals surface area contributed by atoms with E-state index in [0.717, 1.165) is 0 Å². The summed E-state index contributed by atoms with van der Waals surface area (Å²) in [5.41, 5.74) is 17.1.